The Morgan fingerprint density at radius 2 is 1.69 bits per heavy atom. The number of rotatable bonds is 3. The van der Waals surface area contributed by atoms with Gasteiger partial charge in [-0.1, -0.05) is 41.6 Å². The molecule has 0 saturated heterocycles. The van der Waals surface area contributed by atoms with E-state index in [2.05, 4.69) is 29.0 Å². The van der Waals surface area contributed by atoms with E-state index < -0.39 is 8.32 Å². The maximum Gasteiger partial charge on any atom is 0.197 e. The van der Waals surface area contributed by atoms with Gasteiger partial charge in [0.15, 0.2) is 8.32 Å². The lowest BCUT2D eigenvalue weighted by Crippen LogP contribution is -2.37. The maximum absolute atomic E-state index is 6.20. The van der Waals surface area contributed by atoms with Crippen LogP contribution < -0.4 is 0 Å². The van der Waals surface area contributed by atoms with Crippen LogP contribution >= 0.6 is 15.9 Å². The lowest BCUT2D eigenvalue weighted by atomic mass is 10.2. The molecule has 1 saturated carbocycles. The molecule has 0 N–H and O–H groups in total. The van der Waals surface area contributed by atoms with Crippen molar-refractivity contribution in [3.63, 3.8) is 0 Å². The van der Waals surface area contributed by atoms with Crippen molar-refractivity contribution in [3.05, 3.63) is 0 Å². The summed E-state index contributed by atoms with van der Waals surface area (Å²) in [6.07, 6.45) is 8.73. The maximum atomic E-state index is 6.20. The van der Waals surface area contributed by atoms with Crippen LogP contribution in [0.5, 0.6) is 0 Å². The van der Waals surface area contributed by atoms with Gasteiger partial charge >= 0.3 is 0 Å². The van der Waals surface area contributed by atoms with E-state index in [1.807, 2.05) is 0 Å². The van der Waals surface area contributed by atoms with E-state index in [4.69, 9.17) is 4.43 Å². The summed E-state index contributed by atoms with van der Waals surface area (Å²) in [4.78, 5) is 1.07. The summed E-state index contributed by atoms with van der Waals surface area (Å²) >= 11 is 3.55. The highest BCUT2D eigenvalue weighted by molar-refractivity contribution is 9.09. The second kappa shape index (κ2) is 5.52. The summed E-state index contributed by atoms with van der Waals surface area (Å²) in [6.45, 7) is 4.60. The second-order valence-corrected chi connectivity index (χ2v) is 10.3. The van der Waals surface area contributed by atoms with Crippen LogP contribution in [0.1, 0.15) is 38.5 Å². The molecule has 13 heavy (non-hydrogen) atoms. The fraction of sp³-hybridized carbons (Fsp3) is 1.00. The Balaban J connectivity index is 2.33. The first kappa shape index (κ1) is 11.7. The lowest BCUT2D eigenvalue weighted by Gasteiger charge is -2.27. The molecule has 0 aromatic heterocycles. The predicted octanol–water partition coefficient (Wildman–Crippen LogP) is 3.87. The van der Waals surface area contributed by atoms with Crippen molar-refractivity contribution in [1.29, 1.82) is 0 Å². The zero-order valence-corrected chi connectivity index (χ0v) is 11.4. The molecule has 0 aromatic rings. The molecule has 0 amide bonds. The van der Waals surface area contributed by atoms with Crippen molar-refractivity contribution in [3.8, 4) is 0 Å². The molecule has 0 aromatic carbocycles. The van der Waals surface area contributed by atoms with Crippen molar-refractivity contribution >= 4 is 24.2 Å². The van der Waals surface area contributed by atoms with Gasteiger partial charge in [0.2, 0.25) is 0 Å². The molecule has 0 aliphatic heterocycles. The largest absolute Gasteiger partial charge is 0.414 e. The third-order valence-electron chi connectivity index (χ3n) is 2.61. The van der Waals surface area contributed by atoms with Crippen LogP contribution in [0, 0.1) is 0 Å². The molecule has 0 radical (unpaired) electrons. The van der Waals surface area contributed by atoms with Crippen LogP contribution in [0.25, 0.3) is 0 Å². The molecule has 1 aliphatic carbocycles. The molecule has 1 nitrogen and oxygen atoms in total. The molecule has 0 bridgehead atoms. The Morgan fingerprint density at radius 1 is 1.15 bits per heavy atom. The number of hydrogen-bond donors (Lipinski definition) is 0. The van der Waals surface area contributed by atoms with Crippen LogP contribution in [0.3, 0.4) is 0 Å². The van der Waals surface area contributed by atoms with Gasteiger partial charge in [-0.25, -0.2) is 0 Å². The second-order valence-electron chi connectivity index (χ2n) is 4.62. The molecule has 78 valence electrons. The molecule has 1 fully saturated rings. The van der Waals surface area contributed by atoms with Crippen molar-refractivity contribution in [1.82, 2.24) is 0 Å². The Hall–Kier alpha value is 0.657. The molecule has 0 spiro atoms. The molecule has 1 aliphatic rings. The van der Waals surface area contributed by atoms with Crippen LogP contribution in [0.15, 0.2) is 0 Å². The average Bonchev–Trinajstić information content (AvgIpc) is 2.32. The summed E-state index contributed by atoms with van der Waals surface area (Å²) in [5.41, 5.74) is 0. The average molecular weight is 265 g/mol. The number of halogens is 1. The van der Waals surface area contributed by atoms with Crippen molar-refractivity contribution < 1.29 is 4.43 Å². The van der Waals surface area contributed by atoms with E-state index >= 15 is 0 Å². The van der Waals surface area contributed by atoms with Crippen LogP contribution in [0.2, 0.25) is 13.1 Å². The fourth-order valence-corrected chi connectivity index (χ4v) is 3.44. The van der Waals surface area contributed by atoms with Crippen LogP contribution in [-0.4, -0.2) is 19.4 Å². The smallest absolute Gasteiger partial charge is 0.197 e. The first-order valence-corrected chi connectivity index (χ1v) is 9.61. The minimum atomic E-state index is -1.37. The van der Waals surface area contributed by atoms with E-state index in [1.54, 1.807) is 0 Å². The highest BCUT2D eigenvalue weighted by Gasteiger charge is 2.25. The van der Waals surface area contributed by atoms with Crippen LogP contribution in [-0.2, 0) is 4.43 Å². The minimum Gasteiger partial charge on any atom is -0.414 e. The highest BCUT2D eigenvalue weighted by Crippen LogP contribution is 2.23. The van der Waals surface area contributed by atoms with E-state index in [-0.39, 0.29) is 0 Å². The number of hydrogen-bond acceptors (Lipinski definition) is 1. The molecule has 0 atom stereocenters. The Kier molecular flexibility index (Phi) is 4.98. The van der Waals surface area contributed by atoms with Gasteiger partial charge in [-0.2, -0.15) is 0 Å². The zero-order chi connectivity index (χ0) is 9.73. The monoisotopic (exact) mass is 264 g/mol. The van der Waals surface area contributed by atoms with E-state index in [0.29, 0.717) is 6.10 Å². The molecular formula is C10H21BrOSi. The normalized spacial score (nSPS) is 21.5. The first-order chi connectivity index (χ1) is 6.14. The van der Waals surface area contributed by atoms with E-state index in [1.165, 1.54) is 38.5 Å². The molecule has 0 unspecified atom stereocenters. The summed E-state index contributed by atoms with van der Waals surface area (Å²) < 4.78 is 6.20. The summed E-state index contributed by atoms with van der Waals surface area (Å²) in [5.74, 6) is 0. The Bertz CT molecular complexity index is 142. The van der Waals surface area contributed by atoms with Crippen molar-refractivity contribution in [2.75, 3.05) is 4.95 Å². The van der Waals surface area contributed by atoms with Gasteiger partial charge in [-0.05, 0) is 25.9 Å². The summed E-state index contributed by atoms with van der Waals surface area (Å²) in [6, 6.07) is 0. The first-order valence-electron chi connectivity index (χ1n) is 5.38. The topological polar surface area (TPSA) is 9.23 Å². The van der Waals surface area contributed by atoms with Crippen molar-refractivity contribution in [2.24, 2.45) is 0 Å². The fourth-order valence-electron chi connectivity index (χ4n) is 1.84. The lowest BCUT2D eigenvalue weighted by molar-refractivity contribution is 0.176. The number of alkyl halides is 1. The van der Waals surface area contributed by atoms with Gasteiger partial charge < -0.3 is 4.43 Å². The third kappa shape index (κ3) is 4.61. The zero-order valence-electron chi connectivity index (χ0n) is 8.81. The molecule has 1 rings (SSSR count). The Labute approximate surface area is 91.5 Å². The van der Waals surface area contributed by atoms with Gasteiger partial charge in [-0.3, -0.25) is 0 Å². The van der Waals surface area contributed by atoms with Gasteiger partial charge in [0, 0.05) is 11.1 Å². The van der Waals surface area contributed by atoms with E-state index in [9.17, 15) is 0 Å². The van der Waals surface area contributed by atoms with Gasteiger partial charge in [-0.15, -0.1) is 0 Å². The van der Waals surface area contributed by atoms with Crippen molar-refractivity contribution in [2.45, 2.75) is 57.7 Å². The van der Waals surface area contributed by atoms with E-state index in [0.717, 1.165) is 4.95 Å². The SMILES string of the molecule is C[Si](C)(CBr)OC1CCCCCC1. The summed E-state index contributed by atoms with van der Waals surface area (Å²) in [7, 11) is -1.37. The molecule has 0 heterocycles. The minimum absolute atomic E-state index is 0.571. The van der Waals surface area contributed by atoms with Gasteiger partial charge in [0.25, 0.3) is 0 Å². The predicted molar refractivity (Wildman–Crippen MR) is 63.9 cm³/mol. The Morgan fingerprint density at radius 3 is 2.15 bits per heavy atom. The van der Waals surface area contributed by atoms with Gasteiger partial charge in [0.1, 0.15) is 0 Å². The third-order valence-corrected chi connectivity index (χ3v) is 8.28. The standard InChI is InChI=1S/C10H21BrOSi/c1-13(2,9-11)12-10-7-5-3-4-6-8-10/h10H,3-9H2,1-2H3. The van der Waals surface area contributed by atoms with Crippen LogP contribution in [0.4, 0.5) is 0 Å². The molecule has 3 heteroatoms. The summed E-state index contributed by atoms with van der Waals surface area (Å²) in [5, 5.41) is 0. The molecular weight excluding hydrogens is 244 g/mol. The highest BCUT2D eigenvalue weighted by atomic mass is 79.9. The van der Waals surface area contributed by atoms with Gasteiger partial charge in [0.05, 0.1) is 0 Å². The quantitative estimate of drug-likeness (QED) is 0.427.